The fourth-order valence-corrected chi connectivity index (χ4v) is 4.69. The van der Waals surface area contributed by atoms with Crippen molar-refractivity contribution in [1.82, 2.24) is 14.5 Å². The van der Waals surface area contributed by atoms with Gasteiger partial charge in [-0.3, -0.25) is 9.78 Å². The highest BCUT2D eigenvalue weighted by atomic mass is 35.5. The molecule has 0 aliphatic carbocycles. The number of aromatic carboxylic acids is 1. The number of halogens is 2. The monoisotopic (exact) mass is 482 g/mol. The van der Waals surface area contributed by atoms with E-state index in [1.54, 1.807) is 17.0 Å². The minimum atomic E-state index is -1.01. The minimum Gasteiger partial charge on any atom is -0.478 e. The van der Waals surface area contributed by atoms with E-state index < -0.39 is 5.97 Å². The van der Waals surface area contributed by atoms with Crippen molar-refractivity contribution in [2.24, 2.45) is 5.73 Å². The Morgan fingerprint density at radius 2 is 2.00 bits per heavy atom. The summed E-state index contributed by atoms with van der Waals surface area (Å²) in [5, 5.41) is 10.3. The molecule has 4 heterocycles. The Labute approximate surface area is 197 Å². The van der Waals surface area contributed by atoms with Gasteiger partial charge >= 0.3 is 5.97 Å². The SMILES string of the molecule is CC[C@@H](N)c1c(Cl)cncc1Cl.C[C@H]1CCCN1C(=O)c1cc(C(=O)O)c2n1CCOC2. The molecule has 10 heteroatoms. The second kappa shape index (κ2) is 10.7. The van der Waals surface area contributed by atoms with Crippen LogP contribution in [0.3, 0.4) is 0 Å². The van der Waals surface area contributed by atoms with Crippen LogP contribution in [0.1, 0.15) is 71.3 Å². The number of carboxylic acid groups (broad SMARTS) is 1. The largest absolute Gasteiger partial charge is 0.478 e. The first-order valence-corrected chi connectivity index (χ1v) is 11.4. The number of rotatable bonds is 4. The normalized spacial score (nSPS) is 18.5. The molecule has 32 heavy (non-hydrogen) atoms. The van der Waals surface area contributed by atoms with Gasteiger partial charge in [0.25, 0.3) is 5.91 Å². The molecular weight excluding hydrogens is 455 g/mol. The molecule has 0 aromatic carbocycles. The highest BCUT2D eigenvalue weighted by Gasteiger charge is 2.31. The molecule has 2 aromatic heterocycles. The number of nitrogens with zero attached hydrogens (tertiary/aromatic N) is 3. The molecule has 2 aliphatic rings. The van der Waals surface area contributed by atoms with E-state index in [2.05, 4.69) is 4.98 Å². The van der Waals surface area contributed by atoms with Crippen molar-refractivity contribution in [3.05, 3.63) is 51.0 Å². The molecule has 2 aliphatic heterocycles. The zero-order chi connectivity index (χ0) is 23.4. The Morgan fingerprint density at radius 3 is 2.56 bits per heavy atom. The van der Waals surface area contributed by atoms with Gasteiger partial charge in [-0.2, -0.15) is 0 Å². The van der Waals surface area contributed by atoms with E-state index in [0.717, 1.165) is 31.4 Å². The Hall–Kier alpha value is -2.13. The van der Waals surface area contributed by atoms with Crippen LogP contribution in [0.2, 0.25) is 10.0 Å². The van der Waals surface area contributed by atoms with Gasteiger partial charge in [0.05, 0.1) is 34.5 Å². The van der Waals surface area contributed by atoms with Crippen molar-refractivity contribution in [3.8, 4) is 0 Å². The van der Waals surface area contributed by atoms with Gasteiger partial charge in [0.2, 0.25) is 0 Å². The Bertz CT molecular complexity index is 974. The van der Waals surface area contributed by atoms with Gasteiger partial charge in [0.15, 0.2) is 0 Å². The van der Waals surface area contributed by atoms with Crippen LogP contribution in [-0.2, 0) is 17.9 Å². The van der Waals surface area contributed by atoms with Gasteiger partial charge in [-0.15, -0.1) is 0 Å². The number of pyridine rings is 1. The maximum atomic E-state index is 12.6. The molecule has 4 rings (SSSR count). The van der Waals surface area contributed by atoms with Crippen LogP contribution in [0.15, 0.2) is 18.5 Å². The fraction of sp³-hybridized carbons (Fsp3) is 0.500. The number of carbonyl (C=O) groups is 2. The molecule has 0 radical (unpaired) electrons. The van der Waals surface area contributed by atoms with Gasteiger partial charge in [0.1, 0.15) is 5.69 Å². The standard InChI is InChI=1S/C14H18N2O4.C8H10Cl2N2/c1-9-3-2-4-15(9)13(17)11-7-10(14(18)19)12-8-20-6-5-16(11)12;1-2-7(11)8-5(9)3-12-4-6(8)10/h7,9H,2-6,8H2,1H3,(H,18,19);3-4,7H,2,11H2,1H3/t9-;7-/m01/s1. The molecule has 3 N–H and O–H groups in total. The first-order chi connectivity index (χ1) is 15.3. The zero-order valence-corrected chi connectivity index (χ0v) is 19.7. The average Bonchev–Trinajstić information content (AvgIpc) is 3.37. The summed E-state index contributed by atoms with van der Waals surface area (Å²) in [6.45, 7) is 6.07. The summed E-state index contributed by atoms with van der Waals surface area (Å²) in [7, 11) is 0. The van der Waals surface area contributed by atoms with Crippen molar-refractivity contribution in [3.63, 3.8) is 0 Å². The van der Waals surface area contributed by atoms with Crippen molar-refractivity contribution >= 4 is 35.1 Å². The van der Waals surface area contributed by atoms with Crippen LogP contribution in [0.5, 0.6) is 0 Å². The number of carboxylic acids is 1. The summed E-state index contributed by atoms with van der Waals surface area (Å²) in [6, 6.07) is 1.62. The molecule has 2 aromatic rings. The number of carbonyl (C=O) groups excluding carboxylic acids is 1. The van der Waals surface area contributed by atoms with E-state index >= 15 is 0 Å². The lowest BCUT2D eigenvalue weighted by Crippen LogP contribution is -2.35. The average molecular weight is 483 g/mol. The molecule has 2 atom stereocenters. The third kappa shape index (κ3) is 5.09. The third-order valence-corrected chi connectivity index (χ3v) is 6.47. The second-order valence-electron chi connectivity index (χ2n) is 7.92. The Kier molecular flexibility index (Phi) is 8.16. The number of fused-ring (bicyclic) bond motifs is 1. The quantitative estimate of drug-likeness (QED) is 0.677. The van der Waals surface area contributed by atoms with Gasteiger partial charge in [-0.05, 0) is 32.3 Å². The lowest BCUT2D eigenvalue weighted by Gasteiger charge is -2.24. The molecule has 1 amide bonds. The van der Waals surface area contributed by atoms with Crippen molar-refractivity contribution in [1.29, 1.82) is 0 Å². The predicted molar refractivity (Wildman–Crippen MR) is 122 cm³/mol. The van der Waals surface area contributed by atoms with Crippen molar-refractivity contribution < 1.29 is 19.4 Å². The van der Waals surface area contributed by atoms with Crippen LogP contribution in [0.4, 0.5) is 0 Å². The van der Waals surface area contributed by atoms with Crippen molar-refractivity contribution in [2.75, 3.05) is 13.2 Å². The van der Waals surface area contributed by atoms with E-state index in [0.29, 0.717) is 34.6 Å². The molecule has 1 fully saturated rings. The summed E-state index contributed by atoms with van der Waals surface area (Å²) >= 11 is 11.8. The fourth-order valence-electron chi connectivity index (χ4n) is 4.05. The zero-order valence-electron chi connectivity index (χ0n) is 18.2. The van der Waals surface area contributed by atoms with E-state index in [-0.39, 0.29) is 30.2 Å². The van der Waals surface area contributed by atoms with Crippen LogP contribution < -0.4 is 5.73 Å². The summed E-state index contributed by atoms with van der Waals surface area (Å²) < 4.78 is 7.12. The van der Waals surface area contributed by atoms with Crippen molar-refractivity contribution in [2.45, 2.75) is 58.3 Å². The summed E-state index contributed by atoms with van der Waals surface area (Å²) in [5.41, 5.74) is 7.84. The maximum absolute atomic E-state index is 12.6. The number of hydrogen-bond donors (Lipinski definition) is 2. The molecule has 8 nitrogen and oxygen atoms in total. The first kappa shape index (κ1) is 24.5. The van der Waals surface area contributed by atoms with Crippen LogP contribution >= 0.6 is 23.2 Å². The maximum Gasteiger partial charge on any atom is 0.337 e. The lowest BCUT2D eigenvalue weighted by atomic mass is 10.1. The van der Waals surface area contributed by atoms with Crippen LogP contribution in [0.25, 0.3) is 0 Å². The topological polar surface area (TPSA) is 111 Å². The smallest absolute Gasteiger partial charge is 0.337 e. The summed E-state index contributed by atoms with van der Waals surface area (Å²) in [6.07, 6.45) is 5.93. The number of ether oxygens (including phenoxy) is 1. The molecule has 0 unspecified atom stereocenters. The van der Waals surface area contributed by atoms with Crippen LogP contribution in [0, 0.1) is 0 Å². The van der Waals surface area contributed by atoms with Crippen LogP contribution in [-0.4, -0.2) is 50.6 Å². The van der Waals surface area contributed by atoms with Gasteiger partial charge in [-0.25, -0.2) is 4.79 Å². The van der Waals surface area contributed by atoms with Gasteiger partial charge < -0.3 is 25.0 Å². The number of nitrogens with two attached hydrogens (primary N) is 1. The van der Waals surface area contributed by atoms with Gasteiger partial charge in [-0.1, -0.05) is 30.1 Å². The molecule has 0 spiro atoms. The molecule has 174 valence electrons. The number of likely N-dealkylation sites (tertiary alicyclic amines) is 1. The molecular formula is C22H28Cl2N4O4. The van der Waals surface area contributed by atoms with E-state index in [9.17, 15) is 14.7 Å². The predicted octanol–water partition coefficient (Wildman–Crippen LogP) is 4.14. The lowest BCUT2D eigenvalue weighted by molar-refractivity contribution is 0.0640. The Balaban J connectivity index is 0.000000207. The Morgan fingerprint density at radius 1 is 1.31 bits per heavy atom. The number of hydrogen-bond acceptors (Lipinski definition) is 5. The molecule has 0 saturated carbocycles. The van der Waals surface area contributed by atoms with E-state index in [4.69, 9.17) is 33.7 Å². The highest BCUT2D eigenvalue weighted by molar-refractivity contribution is 6.35. The van der Waals surface area contributed by atoms with Gasteiger partial charge in [0, 0.05) is 43.1 Å². The van der Waals surface area contributed by atoms with E-state index in [1.807, 2.05) is 18.7 Å². The number of amides is 1. The summed E-state index contributed by atoms with van der Waals surface area (Å²) in [4.78, 5) is 29.6. The molecule has 0 bridgehead atoms. The number of aromatic nitrogens is 2. The summed E-state index contributed by atoms with van der Waals surface area (Å²) in [5.74, 6) is -1.07. The molecule has 1 saturated heterocycles. The minimum absolute atomic E-state index is 0.0642. The second-order valence-corrected chi connectivity index (χ2v) is 8.74. The third-order valence-electron chi connectivity index (χ3n) is 5.87. The highest BCUT2D eigenvalue weighted by Crippen LogP contribution is 2.29. The van der Waals surface area contributed by atoms with E-state index in [1.165, 1.54) is 6.07 Å². The first-order valence-electron chi connectivity index (χ1n) is 10.6.